The standard InChI is InChI=1S/C17H32O2/c1-4-6-8-9-10-11-12-14-16(3)17(18)19-15-13-7-5-2/h3-15H2,1-2H3. The smallest absolute Gasteiger partial charge is 0.333 e. The normalized spacial score (nSPS) is 10.4. The van der Waals surface area contributed by atoms with Crippen LogP contribution in [0.5, 0.6) is 0 Å². The highest BCUT2D eigenvalue weighted by Gasteiger charge is 2.07. The molecule has 0 saturated heterocycles. The molecule has 0 saturated carbocycles. The van der Waals surface area contributed by atoms with Crippen LogP contribution in [0.4, 0.5) is 0 Å². The predicted octanol–water partition coefficient (Wildman–Crippen LogP) is 5.42. The Morgan fingerprint density at radius 1 is 0.842 bits per heavy atom. The monoisotopic (exact) mass is 268 g/mol. The van der Waals surface area contributed by atoms with Crippen LogP contribution >= 0.6 is 0 Å². The van der Waals surface area contributed by atoms with E-state index in [1.54, 1.807) is 0 Å². The number of rotatable bonds is 13. The number of carbonyl (C=O) groups is 1. The van der Waals surface area contributed by atoms with E-state index < -0.39 is 0 Å². The number of ether oxygens (including phenoxy) is 1. The minimum absolute atomic E-state index is 0.193. The first-order chi connectivity index (χ1) is 9.22. The molecule has 0 rings (SSSR count). The molecule has 0 N–H and O–H groups in total. The summed E-state index contributed by atoms with van der Waals surface area (Å²) in [6.07, 6.45) is 12.9. The van der Waals surface area contributed by atoms with Gasteiger partial charge in [0.2, 0.25) is 0 Å². The summed E-state index contributed by atoms with van der Waals surface area (Å²) in [4.78, 5) is 11.6. The lowest BCUT2D eigenvalue weighted by Crippen LogP contribution is -2.08. The first kappa shape index (κ1) is 18.2. The summed E-state index contributed by atoms with van der Waals surface area (Å²) in [6, 6.07) is 0. The van der Waals surface area contributed by atoms with Gasteiger partial charge in [-0.15, -0.1) is 0 Å². The zero-order valence-electron chi connectivity index (χ0n) is 13.0. The number of unbranched alkanes of at least 4 members (excludes halogenated alkanes) is 8. The fourth-order valence-electron chi connectivity index (χ4n) is 2.02. The highest BCUT2D eigenvalue weighted by Crippen LogP contribution is 2.12. The first-order valence-corrected chi connectivity index (χ1v) is 8.07. The van der Waals surface area contributed by atoms with Crippen molar-refractivity contribution in [3.63, 3.8) is 0 Å². The highest BCUT2D eigenvalue weighted by molar-refractivity contribution is 5.87. The van der Waals surface area contributed by atoms with Crippen molar-refractivity contribution in [1.82, 2.24) is 0 Å². The van der Waals surface area contributed by atoms with Crippen molar-refractivity contribution < 1.29 is 9.53 Å². The van der Waals surface area contributed by atoms with E-state index in [9.17, 15) is 4.79 Å². The number of hydrogen-bond donors (Lipinski definition) is 0. The second-order valence-electron chi connectivity index (χ2n) is 5.32. The maximum atomic E-state index is 11.6. The fourth-order valence-corrected chi connectivity index (χ4v) is 2.02. The summed E-state index contributed by atoms with van der Waals surface area (Å²) in [7, 11) is 0. The molecule has 112 valence electrons. The molecule has 0 aromatic rings. The maximum Gasteiger partial charge on any atom is 0.333 e. The molecule has 0 aliphatic carbocycles. The molecule has 2 heteroatoms. The lowest BCUT2D eigenvalue weighted by molar-refractivity contribution is -0.139. The van der Waals surface area contributed by atoms with Crippen molar-refractivity contribution in [2.45, 2.75) is 84.5 Å². The van der Waals surface area contributed by atoms with Crippen LogP contribution in [0.25, 0.3) is 0 Å². The van der Waals surface area contributed by atoms with E-state index in [1.807, 2.05) is 0 Å². The predicted molar refractivity (Wildman–Crippen MR) is 82.2 cm³/mol. The Labute approximate surface area is 119 Å². The Balaban J connectivity index is 3.39. The summed E-state index contributed by atoms with van der Waals surface area (Å²) < 4.78 is 5.18. The first-order valence-electron chi connectivity index (χ1n) is 8.07. The zero-order valence-corrected chi connectivity index (χ0v) is 13.0. The molecule has 0 aliphatic rings. The van der Waals surface area contributed by atoms with E-state index >= 15 is 0 Å². The molecule has 0 aromatic carbocycles. The number of hydrogen-bond acceptors (Lipinski definition) is 2. The van der Waals surface area contributed by atoms with Gasteiger partial charge >= 0.3 is 5.97 Å². The second kappa shape index (κ2) is 13.6. The Hall–Kier alpha value is -0.790. The van der Waals surface area contributed by atoms with Crippen LogP contribution in [0.2, 0.25) is 0 Å². The molecule has 0 spiro atoms. The van der Waals surface area contributed by atoms with Crippen LogP contribution in [-0.2, 0) is 9.53 Å². The van der Waals surface area contributed by atoms with E-state index in [-0.39, 0.29) is 5.97 Å². The van der Waals surface area contributed by atoms with Gasteiger partial charge in [-0.25, -0.2) is 4.79 Å². The summed E-state index contributed by atoms with van der Waals surface area (Å²) in [5.74, 6) is -0.193. The highest BCUT2D eigenvalue weighted by atomic mass is 16.5. The van der Waals surface area contributed by atoms with Gasteiger partial charge in [-0.1, -0.05) is 71.8 Å². The van der Waals surface area contributed by atoms with Crippen molar-refractivity contribution in [2.75, 3.05) is 6.61 Å². The summed E-state index contributed by atoms with van der Waals surface area (Å²) in [5, 5.41) is 0. The number of carbonyl (C=O) groups excluding carboxylic acids is 1. The van der Waals surface area contributed by atoms with Crippen molar-refractivity contribution in [1.29, 1.82) is 0 Å². The van der Waals surface area contributed by atoms with Crippen LogP contribution in [-0.4, -0.2) is 12.6 Å². The lowest BCUT2D eigenvalue weighted by atomic mass is 10.1. The summed E-state index contributed by atoms with van der Waals surface area (Å²) in [5.41, 5.74) is 0.644. The fraction of sp³-hybridized carbons (Fsp3) is 0.824. The molecular weight excluding hydrogens is 236 g/mol. The van der Waals surface area contributed by atoms with Crippen LogP contribution in [0.15, 0.2) is 12.2 Å². The average Bonchev–Trinajstić information content (AvgIpc) is 2.42. The van der Waals surface area contributed by atoms with E-state index in [0.29, 0.717) is 12.2 Å². The lowest BCUT2D eigenvalue weighted by Gasteiger charge is -2.07. The number of esters is 1. The molecule has 0 aromatic heterocycles. The summed E-state index contributed by atoms with van der Waals surface area (Å²) >= 11 is 0. The minimum Gasteiger partial charge on any atom is -0.462 e. The van der Waals surface area contributed by atoms with Gasteiger partial charge in [0.15, 0.2) is 0 Å². The third-order valence-corrected chi connectivity index (χ3v) is 3.35. The van der Waals surface area contributed by atoms with Crippen LogP contribution in [0.1, 0.15) is 84.5 Å². The van der Waals surface area contributed by atoms with Crippen molar-refractivity contribution in [2.24, 2.45) is 0 Å². The molecule has 0 amide bonds. The maximum absolute atomic E-state index is 11.6. The van der Waals surface area contributed by atoms with Gasteiger partial charge in [-0.3, -0.25) is 0 Å². The van der Waals surface area contributed by atoms with Gasteiger partial charge < -0.3 is 4.74 Å². The van der Waals surface area contributed by atoms with E-state index in [0.717, 1.165) is 32.1 Å². The average molecular weight is 268 g/mol. The largest absolute Gasteiger partial charge is 0.462 e. The van der Waals surface area contributed by atoms with Crippen LogP contribution in [0.3, 0.4) is 0 Å². The Morgan fingerprint density at radius 3 is 2.00 bits per heavy atom. The second-order valence-corrected chi connectivity index (χ2v) is 5.32. The minimum atomic E-state index is -0.193. The Kier molecular flexibility index (Phi) is 13.1. The van der Waals surface area contributed by atoms with Crippen molar-refractivity contribution in [3.05, 3.63) is 12.2 Å². The van der Waals surface area contributed by atoms with Crippen molar-refractivity contribution in [3.8, 4) is 0 Å². The van der Waals surface area contributed by atoms with E-state index in [4.69, 9.17) is 4.74 Å². The van der Waals surface area contributed by atoms with Gasteiger partial charge in [-0.2, -0.15) is 0 Å². The van der Waals surface area contributed by atoms with Crippen molar-refractivity contribution >= 4 is 5.97 Å². The molecule has 2 nitrogen and oxygen atoms in total. The zero-order chi connectivity index (χ0) is 14.3. The quantitative estimate of drug-likeness (QED) is 0.253. The third kappa shape index (κ3) is 12.0. The van der Waals surface area contributed by atoms with Crippen LogP contribution in [0, 0.1) is 0 Å². The molecule has 0 fully saturated rings. The van der Waals surface area contributed by atoms with Gasteiger partial charge in [0.05, 0.1) is 6.61 Å². The molecule has 19 heavy (non-hydrogen) atoms. The van der Waals surface area contributed by atoms with Gasteiger partial charge in [-0.05, 0) is 19.3 Å². The SMILES string of the molecule is C=C(CCCCCCCCC)C(=O)OCCCCC. The molecule has 0 unspecified atom stereocenters. The van der Waals surface area contributed by atoms with Gasteiger partial charge in [0.25, 0.3) is 0 Å². The molecular formula is C17H32O2. The third-order valence-electron chi connectivity index (χ3n) is 3.35. The van der Waals surface area contributed by atoms with Crippen LogP contribution < -0.4 is 0 Å². The molecule has 0 atom stereocenters. The Bertz CT molecular complexity index is 233. The molecule has 0 aliphatic heterocycles. The van der Waals surface area contributed by atoms with E-state index in [1.165, 1.54) is 38.5 Å². The summed E-state index contributed by atoms with van der Waals surface area (Å²) in [6.45, 7) is 8.74. The van der Waals surface area contributed by atoms with Gasteiger partial charge in [0.1, 0.15) is 0 Å². The topological polar surface area (TPSA) is 26.3 Å². The molecule has 0 radical (unpaired) electrons. The molecule has 0 bridgehead atoms. The molecule has 0 heterocycles. The van der Waals surface area contributed by atoms with E-state index in [2.05, 4.69) is 20.4 Å². The Morgan fingerprint density at radius 2 is 1.37 bits per heavy atom. The van der Waals surface area contributed by atoms with Gasteiger partial charge in [0, 0.05) is 5.57 Å².